The quantitative estimate of drug-likeness (QED) is 0.696. The van der Waals surface area contributed by atoms with E-state index in [0.29, 0.717) is 0 Å². The van der Waals surface area contributed by atoms with Crippen molar-refractivity contribution < 1.29 is 19.1 Å². The van der Waals surface area contributed by atoms with Crippen LogP contribution in [0.1, 0.15) is 40.5 Å². The first-order chi connectivity index (χ1) is 7.84. The highest BCUT2D eigenvalue weighted by Gasteiger charge is 2.67. The molecule has 2 aliphatic carbocycles. The van der Waals surface area contributed by atoms with E-state index in [0.717, 1.165) is 12.8 Å². The third-order valence-corrected chi connectivity index (χ3v) is 4.96. The Morgan fingerprint density at radius 1 is 1.41 bits per heavy atom. The SMILES string of the molecule is CCOC(=O)OC1C(=O)C2(C)CCC1C2(C)C. The molecule has 96 valence electrons. The molecule has 0 aromatic rings. The molecule has 0 aromatic carbocycles. The Morgan fingerprint density at radius 2 is 2.06 bits per heavy atom. The minimum Gasteiger partial charge on any atom is -0.435 e. The fourth-order valence-electron chi connectivity index (χ4n) is 3.39. The largest absolute Gasteiger partial charge is 0.508 e. The lowest BCUT2D eigenvalue weighted by Gasteiger charge is -2.31. The van der Waals surface area contributed by atoms with Gasteiger partial charge in [0.05, 0.1) is 6.61 Å². The van der Waals surface area contributed by atoms with Crippen molar-refractivity contribution in [1.82, 2.24) is 0 Å². The molecule has 0 spiro atoms. The van der Waals surface area contributed by atoms with Crippen molar-refractivity contribution in [3.05, 3.63) is 0 Å². The first kappa shape index (κ1) is 12.4. The standard InChI is InChI=1S/C13H20O4/c1-5-16-11(15)17-9-8-6-7-13(4,10(9)14)12(8,2)3/h8-9H,5-7H2,1-4H3. The van der Waals surface area contributed by atoms with E-state index >= 15 is 0 Å². The van der Waals surface area contributed by atoms with Gasteiger partial charge in [-0.1, -0.05) is 20.8 Å². The third-order valence-electron chi connectivity index (χ3n) is 4.96. The molecule has 0 N–H and O–H groups in total. The molecule has 0 aliphatic heterocycles. The van der Waals surface area contributed by atoms with Gasteiger partial charge in [-0.2, -0.15) is 0 Å². The first-order valence-corrected chi connectivity index (χ1v) is 6.22. The molecule has 0 heterocycles. The van der Waals surface area contributed by atoms with Crippen LogP contribution in [-0.4, -0.2) is 24.6 Å². The fourth-order valence-corrected chi connectivity index (χ4v) is 3.39. The van der Waals surface area contributed by atoms with Crippen molar-refractivity contribution in [2.45, 2.75) is 46.6 Å². The van der Waals surface area contributed by atoms with Crippen LogP contribution in [0.15, 0.2) is 0 Å². The van der Waals surface area contributed by atoms with Gasteiger partial charge in [-0.3, -0.25) is 4.79 Å². The minimum absolute atomic E-state index is 0.0619. The summed E-state index contributed by atoms with van der Waals surface area (Å²) in [5.41, 5.74) is -0.448. The first-order valence-electron chi connectivity index (χ1n) is 6.22. The number of hydrogen-bond donors (Lipinski definition) is 0. The maximum absolute atomic E-state index is 12.3. The van der Waals surface area contributed by atoms with Gasteiger partial charge in [0.15, 0.2) is 11.9 Å². The van der Waals surface area contributed by atoms with Crippen molar-refractivity contribution in [3.63, 3.8) is 0 Å². The topological polar surface area (TPSA) is 52.6 Å². The zero-order valence-electron chi connectivity index (χ0n) is 10.9. The molecule has 2 aliphatic rings. The summed E-state index contributed by atoms with van der Waals surface area (Å²) in [5.74, 6) is 0.191. The Hall–Kier alpha value is -1.06. The van der Waals surface area contributed by atoms with Crippen LogP contribution in [0.5, 0.6) is 0 Å². The predicted octanol–water partition coefficient (Wildman–Crippen LogP) is 2.55. The average molecular weight is 240 g/mol. The Labute approximate surface area is 102 Å². The number of carbonyl (C=O) groups excluding carboxylic acids is 2. The Bertz CT molecular complexity index is 360. The monoisotopic (exact) mass is 240 g/mol. The summed E-state index contributed by atoms with van der Waals surface area (Å²) in [6, 6.07) is 0. The van der Waals surface area contributed by atoms with E-state index in [-0.39, 0.29) is 29.1 Å². The summed E-state index contributed by atoms with van der Waals surface area (Å²) >= 11 is 0. The van der Waals surface area contributed by atoms with Gasteiger partial charge in [-0.15, -0.1) is 0 Å². The fraction of sp³-hybridized carbons (Fsp3) is 0.846. The van der Waals surface area contributed by atoms with Crippen molar-refractivity contribution in [2.75, 3.05) is 6.61 Å². The molecular weight excluding hydrogens is 220 g/mol. The number of carbonyl (C=O) groups is 2. The molecule has 2 bridgehead atoms. The van der Waals surface area contributed by atoms with E-state index in [1.54, 1.807) is 6.92 Å². The lowest BCUT2D eigenvalue weighted by Crippen LogP contribution is -2.37. The van der Waals surface area contributed by atoms with Crippen LogP contribution in [0, 0.1) is 16.7 Å². The van der Waals surface area contributed by atoms with Gasteiger partial charge in [0.25, 0.3) is 0 Å². The minimum atomic E-state index is -0.724. The Kier molecular flexibility index (Phi) is 2.71. The summed E-state index contributed by atoms with van der Waals surface area (Å²) < 4.78 is 9.94. The smallest absolute Gasteiger partial charge is 0.435 e. The third kappa shape index (κ3) is 1.49. The summed E-state index contributed by atoms with van der Waals surface area (Å²) in [6.45, 7) is 8.16. The van der Waals surface area contributed by atoms with Crippen LogP contribution in [-0.2, 0) is 14.3 Å². The molecule has 4 heteroatoms. The molecule has 0 radical (unpaired) electrons. The maximum Gasteiger partial charge on any atom is 0.508 e. The van der Waals surface area contributed by atoms with Crippen LogP contribution in [0.4, 0.5) is 4.79 Å². The van der Waals surface area contributed by atoms with E-state index in [2.05, 4.69) is 13.8 Å². The van der Waals surface area contributed by atoms with Gasteiger partial charge in [0.1, 0.15) is 0 Å². The van der Waals surface area contributed by atoms with E-state index in [1.165, 1.54) is 0 Å². The second kappa shape index (κ2) is 3.72. The van der Waals surface area contributed by atoms with Crippen molar-refractivity contribution in [1.29, 1.82) is 0 Å². The van der Waals surface area contributed by atoms with Gasteiger partial charge in [-0.05, 0) is 25.2 Å². The molecule has 0 saturated heterocycles. The molecule has 17 heavy (non-hydrogen) atoms. The molecule has 3 unspecified atom stereocenters. The molecule has 3 atom stereocenters. The average Bonchev–Trinajstić information content (AvgIpc) is 2.53. The number of hydrogen-bond acceptors (Lipinski definition) is 4. The summed E-state index contributed by atoms with van der Waals surface area (Å²) in [4.78, 5) is 23.7. The zero-order valence-corrected chi connectivity index (χ0v) is 10.9. The lowest BCUT2D eigenvalue weighted by molar-refractivity contribution is -0.137. The van der Waals surface area contributed by atoms with Gasteiger partial charge < -0.3 is 9.47 Å². The Balaban J connectivity index is 2.17. The number of rotatable bonds is 2. The van der Waals surface area contributed by atoms with Crippen molar-refractivity contribution in [3.8, 4) is 0 Å². The van der Waals surface area contributed by atoms with E-state index < -0.39 is 12.3 Å². The van der Waals surface area contributed by atoms with Crippen molar-refractivity contribution >= 4 is 11.9 Å². The number of ketones is 1. The molecular formula is C13H20O4. The van der Waals surface area contributed by atoms with E-state index in [9.17, 15) is 9.59 Å². The summed E-state index contributed by atoms with van der Waals surface area (Å²) in [7, 11) is 0. The molecule has 2 saturated carbocycles. The Morgan fingerprint density at radius 3 is 2.53 bits per heavy atom. The second-order valence-corrected chi connectivity index (χ2v) is 5.78. The zero-order chi connectivity index (χ0) is 12.8. The van der Waals surface area contributed by atoms with E-state index in [1.807, 2.05) is 6.92 Å². The number of ether oxygens (including phenoxy) is 2. The number of fused-ring (bicyclic) bond motifs is 2. The van der Waals surface area contributed by atoms with Gasteiger partial charge >= 0.3 is 6.16 Å². The molecule has 2 fully saturated rings. The molecule has 0 amide bonds. The summed E-state index contributed by atoms with van der Waals surface area (Å²) in [5, 5.41) is 0. The van der Waals surface area contributed by atoms with Crippen LogP contribution in [0.3, 0.4) is 0 Å². The normalized spacial score (nSPS) is 38.2. The van der Waals surface area contributed by atoms with Crippen LogP contribution >= 0.6 is 0 Å². The highest BCUT2D eigenvalue weighted by Crippen LogP contribution is 2.64. The van der Waals surface area contributed by atoms with Crippen LogP contribution in [0.2, 0.25) is 0 Å². The lowest BCUT2D eigenvalue weighted by atomic mass is 9.70. The molecule has 4 nitrogen and oxygen atoms in total. The molecule has 2 rings (SSSR count). The highest BCUT2D eigenvalue weighted by atomic mass is 16.7. The van der Waals surface area contributed by atoms with E-state index in [4.69, 9.17) is 9.47 Å². The van der Waals surface area contributed by atoms with Gasteiger partial charge in [0, 0.05) is 11.3 Å². The number of Topliss-reactive ketones (excluding diaryl/α,β-unsaturated/α-hetero) is 1. The summed E-state index contributed by atoms with van der Waals surface area (Å²) in [6.07, 6.45) is 0.506. The molecule has 0 aromatic heterocycles. The maximum atomic E-state index is 12.3. The van der Waals surface area contributed by atoms with Crippen molar-refractivity contribution in [2.24, 2.45) is 16.7 Å². The predicted molar refractivity (Wildman–Crippen MR) is 61.5 cm³/mol. The second-order valence-electron chi connectivity index (χ2n) is 5.78. The van der Waals surface area contributed by atoms with Gasteiger partial charge in [0.2, 0.25) is 0 Å². The van der Waals surface area contributed by atoms with Crippen LogP contribution in [0.25, 0.3) is 0 Å². The highest BCUT2D eigenvalue weighted by molar-refractivity contribution is 5.94. The van der Waals surface area contributed by atoms with Crippen LogP contribution < -0.4 is 0 Å². The van der Waals surface area contributed by atoms with Gasteiger partial charge in [-0.25, -0.2) is 4.79 Å².